The van der Waals surface area contributed by atoms with Crippen LogP contribution in [-0.2, 0) is 4.74 Å². The van der Waals surface area contributed by atoms with Crippen LogP contribution in [0, 0.1) is 17.8 Å². The van der Waals surface area contributed by atoms with Crippen molar-refractivity contribution in [2.24, 2.45) is 17.8 Å². The van der Waals surface area contributed by atoms with Crippen molar-refractivity contribution in [2.45, 2.75) is 116 Å². The lowest BCUT2D eigenvalue weighted by Crippen LogP contribution is -2.24. The largest absolute Gasteiger partial charge is 0.459 e. The summed E-state index contributed by atoms with van der Waals surface area (Å²) in [7, 11) is 0. The monoisotopic (exact) mass is 412 g/mol. The van der Waals surface area contributed by atoms with Crippen molar-refractivity contribution in [3.05, 3.63) is 35.4 Å². The van der Waals surface area contributed by atoms with Gasteiger partial charge in [0.25, 0.3) is 0 Å². The highest BCUT2D eigenvalue weighted by Crippen LogP contribution is 2.42. The van der Waals surface area contributed by atoms with Crippen LogP contribution in [0.15, 0.2) is 24.3 Å². The quantitative estimate of drug-likeness (QED) is 0.301. The predicted molar refractivity (Wildman–Crippen MR) is 126 cm³/mol. The molecule has 168 valence electrons. The summed E-state index contributed by atoms with van der Waals surface area (Å²) in [4.78, 5) is 12.6. The van der Waals surface area contributed by atoms with Gasteiger partial charge in [0.2, 0.25) is 0 Å². The highest BCUT2D eigenvalue weighted by Gasteiger charge is 2.29. The number of hydrogen-bond acceptors (Lipinski definition) is 2. The van der Waals surface area contributed by atoms with E-state index < -0.39 is 0 Å². The molecule has 1 aromatic carbocycles. The first-order valence-corrected chi connectivity index (χ1v) is 12.9. The van der Waals surface area contributed by atoms with Gasteiger partial charge in [0.05, 0.1) is 5.56 Å². The highest BCUT2D eigenvalue weighted by molar-refractivity contribution is 5.89. The molecule has 2 nitrogen and oxygen atoms in total. The molecule has 3 atom stereocenters. The zero-order valence-corrected chi connectivity index (χ0v) is 19.7. The topological polar surface area (TPSA) is 26.3 Å². The van der Waals surface area contributed by atoms with Crippen LogP contribution in [0.1, 0.15) is 126 Å². The lowest BCUT2D eigenvalue weighted by atomic mass is 9.71. The Bertz CT molecular complexity index is 627. The Labute approximate surface area is 185 Å². The standard InChI is InChI=1S/C28H44O2/c1-4-6-7-9-23-12-19-27(21(3)20-23)24-13-15-25(16-14-24)28(29)30-26-17-10-22(8-5-2)11-18-26/h13-16,21-23,26-27H,4-12,17-20H2,1-3H3. The first-order valence-electron chi connectivity index (χ1n) is 12.9. The number of unbranched alkanes of at least 4 members (excludes halogenated alkanes) is 2. The molecule has 0 spiro atoms. The Hall–Kier alpha value is -1.31. The van der Waals surface area contributed by atoms with E-state index in [2.05, 4.69) is 32.9 Å². The van der Waals surface area contributed by atoms with Crippen molar-refractivity contribution in [3.8, 4) is 0 Å². The van der Waals surface area contributed by atoms with Gasteiger partial charge in [0, 0.05) is 0 Å². The van der Waals surface area contributed by atoms with Crippen LogP contribution in [0.25, 0.3) is 0 Å². The molecular weight excluding hydrogens is 368 g/mol. The summed E-state index contributed by atoms with van der Waals surface area (Å²) in [5, 5.41) is 0. The first-order chi connectivity index (χ1) is 14.6. The second kappa shape index (κ2) is 11.9. The van der Waals surface area contributed by atoms with E-state index in [0.717, 1.165) is 36.2 Å². The van der Waals surface area contributed by atoms with Crippen LogP contribution < -0.4 is 0 Å². The Morgan fingerprint density at radius 2 is 1.57 bits per heavy atom. The smallest absolute Gasteiger partial charge is 0.338 e. The fourth-order valence-electron chi connectivity index (χ4n) is 5.98. The van der Waals surface area contributed by atoms with E-state index in [-0.39, 0.29) is 12.1 Å². The molecule has 2 heteroatoms. The fourth-order valence-corrected chi connectivity index (χ4v) is 5.98. The van der Waals surface area contributed by atoms with Gasteiger partial charge in [0.15, 0.2) is 0 Å². The molecule has 0 aromatic heterocycles. The van der Waals surface area contributed by atoms with Gasteiger partial charge in [-0.15, -0.1) is 0 Å². The minimum absolute atomic E-state index is 0.119. The van der Waals surface area contributed by atoms with Gasteiger partial charge in [-0.1, -0.05) is 71.4 Å². The van der Waals surface area contributed by atoms with Crippen LogP contribution in [0.4, 0.5) is 0 Å². The predicted octanol–water partition coefficient (Wildman–Crippen LogP) is 8.30. The van der Waals surface area contributed by atoms with Crippen molar-refractivity contribution in [1.82, 2.24) is 0 Å². The van der Waals surface area contributed by atoms with Crippen molar-refractivity contribution in [1.29, 1.82) is 0 Å². The van der Waals surface area contributed by atoms with Crippen LogP contribution in [0.5, 0.6) is 0 Å². The Morgan fingerprint density at radius 3 is 2.20 bits per heavy atom. The molecule has 0 radical (unpaired) electrons. The third-order valence-corrected chi connectivity index (χ3v) is 7.83. The van der Waals surface area contributed by atoms with Crippen molar-refractivity contribution in [2.75, 3.05) is 0 Å². The Kier molecular flexibility index (Phi) is 9.27. The van der Waals surface area contributed by atoms with E-state index in [1.807, 2.05) is 12.1 Å². The molecule has 0 bridgehead atoms. The summed E-state index contributed by atoms with van der Waals surface area (Å²) in [6.45, 7) is 6.97. The Balaban J connectivity index is 1.47. The minimum atomic E-state index is -0.131. The van der Waals surface area contributed by atoms with Gasteiger partial charge in [-0.2, -0.15) is 0 Å². The number of esters is 1. The average molecular weight is 413 g/mol. The van der Waals surface area contributed by atoms with Gasteiger partial charge < -0.3 is 4.74 Å². The van der Waals surface area contributed by atoms with Gasteiger partial charge in [-0.05, 0) is 86.3 Å². The third kappa shape index (κ3) is 6.59. The molecule has 3 rings (SSSR count). The summed E-state index contributed by atoms with van der Waals surface area (Å²) in [6, 6.07) is 8.38. The summed E-state index contributed by atoms with van der Waals surface area (Å²) in [5.74, 6) is 3.01. The fraction of sp³-hybridized carbons (Fsp3) is 0.750. The second-order valence-corrected chi connectivity index (χ2v) is 10.2. The zero-order chi connectivity index (χ0) is 21.3. The minimum Gasteiger partial charge on any atom is -0.459 e. The van der Waals surface area contributed by atoms with E-state index >= 15 is 0 Å². The summed E-state index contributed by atoms with van der Waals surface area (Å²) < 4.78 is 5.83. The van der Waals surface area contributed by atoms with E-state index in [4.69, 9.17) is 4.74 Å². The van der Waals surface area contributed by atoms with Crippen molar-refractivity contribution in [3.63, 3.8) is 0 Å². The van der Waals surface area contributed by atoms with Crippen LogP contribution >= 0.6 is 0 Å². The number of carbonyl (C=O) groups excluding carboxylic acids is 1. The molecule has 2 fully saturated rings. The normalized spacial score (nSPS) is 29.5. The average Bonchev–Trinajstić information content (AvgIpc) is 2.76. The molecule has 2 aliphatic carbocycles. The van der Waals surface area contributed by atoms with Gasteiger partial charge in [-0.25, -0.2) is 4.79 Å². The highest BCUT2D eigenvalue weighted by atomic mass is 16.5. The maximum atomic E-state index is 12.6. The van der Waals surface area contributed by atoms with E-state index in [9.17, 15) is 4.79 Å². The molecule has 0 aliphatic heterocycles. The van der Waals surface area contributed by atoms with Crippen molar-refractivity contribution >= 4 is 5.97 Å². The van der Waals surface area contributed by atoms with Crippen LogP contribution in [0.2, 0.25) is 0 Å². The second-order valence-electron chi connectivity index (χ2n) is 10.2. The van der Waals surface area contributed by atoms with Crippen LogP contribution in [-0.4, -0.2) is 12.1 Å². The Morgan fingerprint density at radius 1 is 0.867 bits per heavy atom. The van der Waals surface area contributed by atoms with Gasteiger partial charge in [-0.3, -0.25) is 0 Å². The lowest BCUT2D eigenvalue weighted by Gasteiger charge is -2.34. The number of hydrogen-bond donors (Lipinski definition) is 0. The van der Waals surface area contributed by atoms with Gasteiger partial charge in [0.1, 0.15) is 6.10 Å². The van der Waals surface area contributed by atoms with Gasteiger partial charge >= 0.3 is 5.97 Å². The molecule has 0 heterocycles. The molecule has 2 aliphatic rings. The number of rotatable bonds is 9. The molecule has 2 saturated carbocycles. The van der Waals surface area contributed by atoms with E-state index in [0.29, 0.717) is 5.92 Å². The zero-order valence-electron chi connectivity index (χ0n) is 19.7. The summed E-state index contributed by atoms with van der Waals surface area (Å²) in [6.07, 6.45) is 16.7. The van der Waals surface area contributed by atoms with E-state index in [1.165, 1.54) is 76.2 Å². The maximum Gasteiger partial charge on any atom is 0.338 e. The van der Waals surface area contributed by atoms with Crippen LogP contribution in [0.3, 0.4) is 0 Å². The van der Waals surface area contributed by atoms with E-state index in [1.54, 1.807) is 0 Å². The maximum absolute atomic E-state index is 12.6. The number of benzene rings is 1. The molecule has 0 amide bonds. The SMILES string of the molecule is CCCCCC1CCC(c2ccc(C(=O)OC3CCC(CCC)CC3)cc2)C(C)C1. The molecule has 0 N–H and O–H groups in total. The summed E-state index contributed by atoms with van der Waals surface area (Å²) in [5.41, 5.74) is 2.13. The molecular formula is C28H44O2. The molecule has 0 saturated heterocycles. The third-order valence-electron chi connectivity index (χ3n) is 7.83. The first kappa shape index (κ1) is 23.4. The lowest BCUT2D eigenvalue weighted by molar-refractivity contribution is 0.0161. The molecule has 1 aromatic rings. The number of ether oxygens (including phenoxy) is 1. The number of carbonyl (C=O) groups is 1. The molecule has 3 unspecified atom stereocenters. The molecule has 30 heavy (non-hydrogen) atoms. The van der Waals surface area contributed by atoms with Crippen molar-refractivity contribution < 1.29 is 9.53 Å². The summed E-state index contributed by atoms with van der Waals surface area (Å²) >= 11 is 0.